The van der Waals surface area contributed by atoms with E-state index in [1.807, 2.05) is 18.3 Å². The van der Waals surface area contributed by atoms with Crippen LogP contribution in [0, 0.1) is 5.92 Å². The molecule has 3 aromatic rings. The van der Waals surface area contributed by atoms with Gasteiger partial charge in [0.2, 0.25) is 11.9 Å². The van der Waals surface area contributed by atoms with Gasteiger partial charge in [-0.25, -0.2) is 8.91 Å². The molecule has 0 aromatic carbocycles. The molecule has 2 saturated heterocycles. The van der Waals surface area contributed by atoms with Crippen LogP contribution in [0.4, 0.5) is 27.5 Å². The Morgan fingerprint density at radius 3 is 2.74 bits per heavy atom. The summed E-state index contributed by atoms with van der Waals surface area (Å²) in [7, 11) is 3.82. The predicted molar refractivity (Wildman–Crippen MR) is 143 cm³/mol. The zero-order chi connectivity index (χ0) is 26.4. The average molecular weight is 541 g/mol. The van der Waals surface area contributed by atoms with E-state index in [4.69, 9.17) is 0 Å². The highest BCUT2D eigenvalue weighted by atomic mass is 31.0. The second-order valence-electron chi connectivity index (χ2n) is 10.3. The Morgan fingerprint density at radius 2 is 2.00 bits per heavy atom. The number of halogens is 1. The molecule has 5 heterocycles. The second-order valence-corrected chi connectivity index (χ2v) is 11.3. The number of anilines is 4. The third-order valence-electron chi connectivity index (χ3n) is 7.21. The van der Waals surface area contributed by atoms with Crippen molar-refractivity contribution in [1.82, 2.24) is 35.0 Å². The molecule has 2 atom stereocenters. The van der Waals surface area contributed by atoms with E-state index in [0.29, 0.717) is 30.5 Å². The number of carbonyl (C=O) groups excluding carboxylic acids is 2. The Kier molecular flexibility index (Phi) is 6.35. The first-order chi connectivity index (χ1) is 18.3. The standard InChI is InChI=1S/C24H30FN10O2P/c1-26-22(37)20-17(9-18(30-31-20)28-21(36)14-4-5-14)27-23-29-19-7-6-16(11-35(19)32-23)33-8-2-3-15(10-33)34-12-24(25,38)13-34/h6-7,9,11,14-15H,2-5,8,10,12-13,38H2,1H3,(H,26,37)(H2,27,28,30,32,36). The van der Waals surface area contributed by atoms with E-state index in [0.717, 1.165) is 44.5 Å². The normalized spacial score (nSPS) is 21.1. The number of likely N-dealkylation sites (tertiary alicyclic amines) is 1. The lowest BCUT2D eigenvalue weighted by molar-refractivity contribution is -0.117. The molecule has 0 spiro atoms. The van der Waals surface area contributed by atoms with Crippen LogP contribution in [0.15, 0.2) is 24.4 Å². The molecule has 2 unspecified atom stereocenters. The number of nitrogens with zero attached hydrogens (tertiary/aromatic N) is 7. The number of carbonyl (C=O) groups is 2. The number of piperidine rings is 1. The van der Waals surface area contributed by atoms with Crippen LogP contribution < -0.4 is 20.9 Å². The molecule has 2 aliphatic heterocycles. The minimum absolute atomic E-state index is 0.00474. The lowest BCUT2D eigenvalue weighted by Crippen LogP contribution is -2.62. The summed E-state index contributed by atoms with van der Waals surface area (Å²) >= 11 is 0. The number of pyridine rings is 1. The van der Waals surface area contributed by atoms with E-state index < -0.39 is 11.3 Å². The van der Waals surface area contributed by atoms with Crippen molar-refractivity contribution in [1.29, 1.82) is 0 Å². The molecule has 14 heteroatoms. The molecule has 1 saturated carbocycles. The van der Waals surface area contributed by atoms with Gasteiger partial charge in [-0.3, -0.25) is 14.5 Å². The Morgan fingerprint density at radius 1 is 1.18 bits per heavy atom. The zero-order valence-corrected chi connectivity index (χ0v) is 22.2. The third-order valence-corrected chi connectivity index (χ3v) is 7.57. The van der Waals surface area contributed by atoms with Gasteiger partial charge in [0, 0.05) is 51.3 Å². The number of amides is 2. The van der Waals surface area contributed by atoms with E-state index in [9.17, 15) is 14.0 Å². The van der Waals surface area contributed by atoms with E-state index >= 15 is 0 Å². The fourth-order valence-corrected chi connectivity index (χ4v) is 5.48. The molecule has 12 nitrogen and oxygen atoms in total. The molecule has 38 heavy (non-hydrogen) atoms. The summed E-state index contributed by atoms with van der Waals surface area (Å²) in [6.45, 7) is 2.67. The fraction of sp³-hybridized carbons (Fsp3) is 0.500. The summed E-state index contributed by atoms with van der Waals surface area (Å²) in [5.41, 5.74) is 2.03. The molecular formula is C24H30FN10O2P. The highest BCUT2D eigenvalue weighted by Gasteiger charge is 2.43. The largest absolute Gasteiger partial charge is 0.369 e. The topological polar surface area (TPSA) is 133 Å². The van der Waals surface area contributed by atoms with Gasteiger partial charge in [-0.1, -0.05) is 9.24 Å². The molecule has 3 fully saturated rings. The van der Waals surface area contributed by atoms with Gasteiger partial charge in [0.1, 0.15) is 5.41 Å². The van der Waals surface area contributed by atoms with Gasteiger partial charge in [-0.2, -0.15) is 4.98 Å². The van der Waals surface area contributed by atoms with Crippen LogP contribution in [-0.4, -0.2) is 86.2 Å². The van der Waals surface area contributed by atoms with Crippen LogP contribution in [0.5, 0.6) is 0 Å². The summed E-state index contributed by atoms with van der Waals surface area (Å²) in [5, 5.41) is 19.8. The van der Waals surface area contributed by atoms with E-state index in [1.165, 1.54) is 7.05 Å². The van der Waals surface area contributed by atoms with E-state index in [1.54, 1.807) is 10.6 Å². The smallest absolute Gasteiger partial charge is 0.273 e. The monoisotopic (exact) mass is 540 g/mol. The highest BCUT2D eigenvalue weighted by Crippen LogP contribution is 2.36. The van der Waals surface area contributed by atoms with Crippen molar-refractivity contribution in [3.05, 3.63) is 30.1 Å². The Balaban J connectivity index is 1.20. The second kappa shape index (κ2) is 9.70. The molecule has 6 rings (SSSR count). The highest BCUT2D eigenvalue weighted by molar-refractivity contribution is 7.18. The van der Waals surface area contributed by atoms with Gasteiger partial charge in [-0.05, 0) is 37.8 Å². The van der Waals surface area contributed by atoms with Gasteiger partial charge in [0.25, 0.3) is 5.91 Å². The van der Waals surface area contributed by atoms with Gasteiger partial charge in [-0.15, -0.1) is 15.3 Å². The van der Waals surface area contributed by atoms with Gasteiger partial charge in [0.15, 0.2) is 17.2 Å². The zero-order valence-electron chi connectivity index (χ0n) is 21.0. The van der Waals surface area contributed by atoms with E-state index in [-0.39, 0.29) is 29.3 Å². The van der Waals surface area contributed by atoms with Crippen LogP contribution in [0.2, 0.25) is 0 Å². The predicted octanol–water partition coefficient (Wildman–Crippen LogP) is 1.80. The number of alkyl halides is 1. The summed E-state index contributed by atoms with van der Waals surface area (Å²) in [6, 6.07) is 5.78. The molecule has 0 radical (unpaired) electrons. The first kappa shape index (κ1) is 24.9. The maximum absolute atomic E-state index is 14.0. The molecule has 200 valence electrons. The lowest BCUT2D eigenvalue weighted by Gasteiger charge is -2.49. The van der Waals surface area contributed by atoms with Crippen LogP contribution in [0.1, 0.15) is 36.2 Å². The van der Waals surface area contributed by atoms with Crippen molar-refractivity contribution in [3.63, 3.8) is 0 Å². The summed E-state index contributed by atoms with van der Waals surface area (Å²) in [5.74, 6) is -0.0130. The molecular weight excluding hydrogens is 510 g/mol. The number of hydrogen-bond acceptors (Lipinski definition) is 9. The van der Waals surface area contributed by atoms with Crippen LogP contribution >= 0.6 is 9.24 Å². The average Bonchev–Trinajstić information content (AvgIpc) is 3.67. The Labute approximate surface area is 221 Å². The van der Waals surface area contributed by atoms with Crippen molar-refractivity contribution < 1.29 is 14.0 Å². The van der Waals surface area contributed by atoms with Crippen molar-refractivity contribution in [2.24, 2.45) is 5.92 Å². The van der Waals surface area contributed by atoms with E-state index in [2.05, 4.69) is 55.3 Å². The van der Waals surface area contributed by atoms with Crippen molar-refractivity contribution >= 4 is 49.8 Å². The molecule has 3 N–H and O–H groups in total. The van der Waals surface area contributed by atoms with Gasteiger partial charge >= 0.3 is 0 Å². The molecule has 2 amide bonds. The number of aromatic nitrogens is 5. The lowest BCUT2D eigenvalue weighted by atomic mass is 9.99. The van der Waals surface area contributed by atoms with Crippen LogP contribution in [-0.2, 0) is 4.79 Å². The van der Waals surface area contributed by atoms with Crippen LogP contribution in [0.3, 0.4) is 0 Å². The number of hydrogen-bond donors (Lipinski definition) is 3. The number of nitrogens with one attached hydrogen (secondary N) is 3. The number of fused-ring (bicyclic) bond motifs is 1. The fourth-order valence-electron chi connectivity index (χ4n) is 5.02. The SMILES string of the molecule is CNC(=O)c1nnc(NC(=O)C2CC2)cc1Nc1nc2ccc(N3CCCC(N4CC(F)(P)C4)C3)cn2n1. The first-order valence-corrected chi connectivity index (χ1v) is 13.4. The summed E-state index contributed by atoms with van der Waals surface area (Å²) in [4.78, 5) is 33.6. The molecule has 3 aromatic heterocycles. The molecule has 3 aliphatic rings. The van der Waals surface area contributed by atoms with Gasteiger partial charge in [0.05, 0.1) is 17.6 Å². The minimum atomic E-state index is -1.16. The van der Waals surface area contributed by atoms with Crippen molar-refractivity contribution in [2.45, 2.75) is 37.1 Å². The van der Waals surface area contributed by atoms with Gasteiger partial charge < -0.3 is 20.9 Å². The first-order valence-electron chi connectivity index (χ1n) is 12.8. The molecule has 1 aliphatic carbocycles. The third kappa shape index (κ3) is 5.12. The summed E-state index contributed by atoms with van der Waals surface area (Å²) in [6.07, 6.45) is 5.75. The molecule has 0 bridgehead atoms. The quantitative estimate of drug-likeness (QED) is 0.384. The maximum Gasteiger partial charge on any atom is 0.273 e. The van der Waals surface area contributed by atoms with Crippen molar-refractivity contribution in [3.8, 4) is 0 Å². The number of rotatable bonds is 7. The minimum Gasteiger partial charge on any atom is -0.369 e. The van der Waals surface area contributed by atoms with Crippen molar-refractivity contribution in [2.75, 3.05) is 48.8 Å². The Hall–Kier alpha value is -3.44. The Bertz CT molecular complexity index is 1390. The van der Waals surface area contributed by atoms with Crippen LogP contribution in [0.25, 0.3) is 5.65 Å². The summed E-state index contributed by atoms with van der Waals surface area (Å²) < 4.78 is 15.7. The maximum atomic E-state index is 14.0.